The van der Waals surface area contributed by atoms with Gasteiger partial charge in [-0.1, -0.05) is 5.11 Å². The highest BCUT2D eigenvalue weighted by atomic mass is 16.3. The van der Waals surface area contributed by atoms with Crippen LogP contribution in [0.4, 0.5) is 0 Å². The summed E-state index contributed by atoms with van der Waals surface area (Å²) in [5.74, 6) is 5.99. The topological polar surface area (TPSA) is 69.0 Å². The number of rotatable bonds is 2. The van der Waals surface area contributed by atoms with E-state index < -0.39 is 5.60 Å². The normalized spacial score (nSPS) is 70.8. The van der Waals surface area contributed by atoms with Gasteiger partial charge in [-0.3, -0.25) is 0 Å². The van der Waals surface area contributed by atoms with Crippen molar-refractivity contribution in [2.75, 3.05) is 6.54 Å². The molecule has 0 aromatic rings. The van der Waals surface area contributed by atoms with Gasteiger partial charge in [0.15, 0.2) is 0 Å². The van der Waals surface area contributed by atoms with Crippen LogP contribution in [0.5, 0.6) is 0 Å². The molecule has 0 saturated heterocycles. The lowest BCUT2D eigenvalue weighted by Crippen LogP contribution is -2.55. The molecule has 4 heteroatoms. The van der Waals surface area contributed by atoms with E-state index in [2.05, 4.69) is 10.0 Å². The van der Waals surface area contributed by atoms with Crippen molar-refractivity contribution in [1.29, 1.82) is 0 Å². The minimum Gasteiger partial charge on any atom is -0.389 e. The van der Waals surface area contributed by atoms with Crippen molar-refractivity contribution in [3.8, 4) is 0 Å². The highest BCUT2D eigenvalue weighted by molar-refractivity contribution is 5.32. The van der Waals surface area contributed by atoms with E-state index in [4.69, 9.17) is 5.53 Å². The maximum atomic E-state index is 10.9. The first-order chi connectivity index (χ1) is 7.77. The molecule has 0 aromatic carbocycles. The maximum absolute atomic E-state index is 10.9. The third-order valence-corrected chi connectivity index (χ3v) is 6.91. The van der Waals surface area contributed by atoms with Gasteiger partial charge in [-0.25, -0.2) is 0 Å². The van der Waals surface area contributed by atoms with Crippen LogP contribution in [0.3, 0.4) is 0 Å². The number of hydrogen-bond donors (Lipinski definition) is 1. The molecule has 5 rings (SSSR count). The first-order valence-electron chi connectivity index (χ1n) is 6.50. The average molecular weight is 217 g/mol. The van der Waals surface area contributed by atoms with Crippen LogP contribution in [-0.4, -0.2) is 17.3 Å². The molecule has 4 nitrogen and oxygen atoms in total. The Bertz CT molecular complexity index is 440. The summed E-state index contributed by atoms with van der Waals surface area (Å²) in [5.41, 5.74) is 7.87. The van der Waals surface area contributed by atoms with Gasteiger partial charge in [-0.05, 0) is 65.7 Å². The highest BCUT2D eigenvalue weighted by Crippen LogP contribution is 2.85. The van der Waals surface area contributed by atoms with Crippen LogP contribution in [0.15, 0.2) is 5.11 Å². The highest BCUT2D eigenvalue weighted by Gasteiger charge is 2.84. The zero-order valence-electron chi connectivity index (χ0n) is 9.03. The summed E-state index contributed by atoms with van der Waals surface area (Å²) in [6.45, 7) is 0.332. The SMILES string of the molecule is [N-]=[N+]=NC[C@@]1(O)[C@H]2[C@@H]3C[C@@H]4[C@H]5[C@H]3C[C@H]2[C@H]5[C@H]41. The molecule has 0 amide bonds. The zero-order chi connectivity index (χ0) is 10.7. The summed E-state index contributed by atoms with van der Waals surface area (Å²) in [6.07, 6.45) is 2.74. The van der Waals surface area contributed by atoms with Crippen LogP contribution in [0.2, 0.25) is 0 Å². The molecule has 5 saturated carbocycles. The Labute approximate surface area is 93.7 Å². The standard InChI is InChI=1S/C12H15N3O/c13-15-14-3-12(16)10-5-2-6-8-4(5)1-7(10)9(8)11(6)12/h4-11,16H,1-3H2/t4-,5+,6+,7-,8+,9+,10-,11-,12+/m0/s1. The molecular formula is C12H15N3O. The van der Waals surface area contributed by atoms with Gasteiger partial charge in [0, 0.05) is 4.91 Å². The predicted molar refractivity (Wildman–Crippen MR) is 56.1 cm³/mol. The predicted octanol–water partition coefficient (Wildman–Crippen LogP) is 1.81. The van der Waals surface area contributed by atoms with Gasteiger partial charge in [0.05, 0.1) is 12.1 Å². The molecular weight excluding hydrogens is 202 g/mol. The minimum absolute atomic E-state index is 0.332. The molecule has 0 unspecified atom stereocenters. The van der Waals surface area contributed by atoms with E-state index in [1.807, 2.05) is 0 Å². The van der Waals surface area contributed by atoms with Crippen LogP contribution in [0, 0.1) is 47.3 Å². The second-order valence-electron chi connectivity index (χ2n) is 6.71. The van der Waals surface area contributed by atoms with Gasteiger partial charge in [0.25, 0.3) is 0 Å². The van der Waals surface area contributed by atoms with Crippen molar-refractivity contribution >= 4 is 0 Å². The van der Waals surface area contributed by atoms with Crippen molar-refractivity contribution in [2.45, 2.75) is 18.4 Å². The van der Waals surface area contributed by atoms with Crippen LogP contribution < -0.4 is 0 Å². The molecule has 84 valence electrons. The molecule has 0 radical (unpaired) electrons. The molecule has 0 aliphatic heterocycles. The first kappa shape index (κ1) is 8.37. The number of hydrogen-bond acceptors (Lipinski definition) is 2. The second-order valence-corrected chi connectivity index (χ2v) is 6.71. The van der Waals surface area contributed by atoms with Gasteiger partial charge < -0.3 is 5.11 Å². The molecule has 0 spiro atoms. The van der Waals surface area contributed by atoms with Gasteiger partial charge in [-0.2, -0.15) is 0 Å². The van der Waals surface area contributed by atoms with Crippen molar-refractivity contribution in [3.63, 3.8) is 0 Å². The van der Waals surface area contributed by atoms with Crippen LogP contribution in [0.1, 0.15) is 12.8 Å². The average Bonchev–Trinajstić information content (AvgIpc) is 2.73. The Kier molecular flexibility index (Phi) is 1.12. The monoisotopic (exact) mass is 217 g/mol. The lowest BCUT2D eigenvalue weighted by Gasteiger charge is -2.51. The third-order valence-electron chi connectivity index (χ3n) is 6.91. The van der Waals surface area contributed by atoms with E-state index in [1.54, 1.807) is 0 Å². The molecule has 5 aliphatic rings. The van der Waals surface area contributed by atoms with E-state index in [9.17, 15) is 5.11 Å². The Balaban J connectivity index is 1.67. The van der Waals surface area contributed by atoms with Crippen LogP contribution in [0.25, 0.3) is 10.4 Å². The van der Waals surface area contributed by atoms with E-state index >= 15 is 0 Å². The number of fused-ring (bicyclic) bond motifs is 2. The fraction of sp³-hybridized carbons (Fsp3) is 1.00. The molecule has 0 aromatic heterocycles. The van der Waals surface area contributed by atoms with E-state index in [1.165, 1.54) is 12.8 Å². The number of nitrogens with zero attached hydrogens (tertiary/aromatic N) is 3. The summed E-state index contributed by atoms with van der Waals surface area (Å²) in [4.78, 5) is 2.85. The lowest BCUT2D eigenvalue weighted by molar-refractivity contribution is -0.123. The Morgan fingerprint density at radius 2 is 1.88 bits per heavy atom. The summed E-state index contributed by atoms with van der Waals surface area (Å²) >= 11 is 0. The summed E-state index contributed by atoms with van der Waals surface area (Å²) in [6, 6.07) is 0. The Morgan fingerprint density at radius 3 is 2.69 bits per heavy atom. The fourth-order valence-corrected chi connectivity index (χ4v) is 7.08. The largest absolute Gasteiger partial charge is 0.389 e. The molecule has 16 heavy (non-hydrogen) atoms. The van der Waals surface area contributed by atoms with Crippen molar-refractivity contribution < 1.29 is 5.11 Å². The van der Waals surface area contributed by atoms with Gasteiger partial charge >= 0.3 is 0 Å². The summed E-state index contributed by atoms with van der Waals surface area (Å²) < 4.78 is 0. The van der Waals surface area contributed by atoms with Gasteiger partial charge in [0.1, 0.15) is 0 Å². The van der Waals surface area contributed by atoms with Crippen LogP contribution >= 0.6 is 0 Å². The fourth-order valence-electron chi connectivity index (χ4n) is 7.08. The number of aliphatic hydroxyl groups is 1. The Morgan fingerprint density at radius 1 is 1.12 bits per heavy atom. The van der Waals surface area contributed by atoms with E-state index in [-0.39, 0.29) is 0 Å². The number of azide groups is 1. The smallest absolute Gasteiger partial charge is 0.0771 e. The summed E-state index contributed by atoms with van der Waals surface area (Å²) in [5, 5.41) is 14.6. The third kappa shape index (κ3) is 0.550. The first-order valence-corrected chi connectivity index (χ1v) is 6.50. The van der Waals surface area contributed by atoms with Crippen molar-refractivity contribution in [1.82, 2.24) is 0 Å². The molecule has 2 bridgehead atoms. The zero-order valence-corrected chi connectivity index (χ0v) is 9.03. The molecule has 9 atom stereocenters. The molecule has 5 fully saturated rings. The quantitative estimate of drug-likeness (QED) is 0.427. The van der Waals surface area contributed by atoms with E-state index in [0.717, 1.165) is 35.5 Å². The molecule has 0 heterocycles. The second kappa shape index (κ2) is 2.14. The van der Waals surface area contributed by atoms with E-state index in [0.29, 0.717) is 18.4 Å². The Hall–Kier alpha value is -0.730. The molecule has 5 aliphatic carbocycles. The van der Waals surface area contributed by atoms with Gasteiger partial charge in [-0.15, -0.1) is 0 Å². The van der Waals surface area contributed by atoms with Gasteiger partial charge in [0.2, 0.25) is 0 Å². The summed E-state index contributed by atoms with van der Waals surface area (Å²) in [7, 11) is 0. The lowest BCUT2D eigenvalue weighted by atomic mass is 9.56. The van der Waals surface area contributed by atoms with Crippen LogP contribution in [-0.2, 0) is 0 Å². The molecule has 1 N–H and O–H groups in total. The van der Waals surface area contributed by atoms with Crippen molar-refractivity contribution in [3.05, 3.63) is 10.4 Å². The van der Waals surface area contributed by atoms with Crippen molar-refractivity contribution in [2.24, 2.45) is 52.5 Å². The minimum atomic E-state index is -0.614. The maximum Gasteiger partial charge on any atom is 0.0771 e.